The summed E-state index contributed by atoms with van der Waals surface area (Å²) in [5.41, 5.74) is -0.790. The minimum absolute atomic E-state index is 0.163. The van der Waals surface area contributed by atoms with Crippen LogP contribution < -0.4 is 5.32 Å². The molecule has 2 aromatic carbocycles. The molecule has 0 aliphatic heterocycles. The summed E-state index contributed by atoms with van der Waals surface area (Å²) in [6.07, 6.45) is -5.61. The van der Waals surface area contributed by atoms with E-state index in [1.165, 1.54) is 12.1 Å². The number of carbonyl (C=O) groups is 1. The number of aliphatic hydroxyl groups is 1. The lowest BCUT2D eigenvalue weighted by Gasteiger charge is -2.30. The molecule has 30 heavy (non-hydrogen) atoms. The summed E-state index contributed by atoms with van der Waals surface area (Å²) in [7, 11) is 0. The Bertz CT molecular complexity index is 988. The predicted molar refractivity (Wildman–Crippen MR) is 110 cm³/mol. The SMILES string of the molecule is Cc1nc(-c2ccc(CCNC(=O)C[C@](O)(c3ccccc3)C(F)(F)F)cc2)cs1. The largest absolute Gasteiger partial charge is 0.421 e. The van der Waals surface area contributed by atoms with E-state index < -0.39 is 24.1 Å². The van der Waals surface area contributed by atoms with Gasteiger partial charge in [-0.1, -0.05) is 54.6 Å². The van der Waals surface area contributed by atoms with E-state index in [9.17, 15) is 23.1 Å². The van der Waals surface area contributed by atoms with Crippen LogP contribution in [0.15, 0.2) is 60.0 Å². The van der Waals surface area contributed by atoms with Crippen LogP contribution in [-0.2, 0) is 16.8 Å². The summed E-state index contributed by atoms with van der Waals surface area (Å²) in [6.45, 7) is 2.10. The third-order valence-corrected chi connectivity index (χ3v) is 5.51. The van der Waals surface area contributed by atoms with E-state index in [4.69, 9.17) is 0 Å². The maximum Gasteiger partial charge on any atom is 0.421 e. The van der Waals surface area contributed by atoms with Crippen molar-refractivity contribution in [3.8, 4) is 11.3 Å². The second kappa shape index (κ2) is 8.97. The molecule has 1 atom stereocenters. The molecule has 0 unspecified atom stereocenters. The molecule has 3 rings (SSSR count). The first-order valence-corrected chi connectivity index (χ1v) is 10.2. The second-order valence-electron chi connectivity index (χ2n) is 6.95. The van der Waals surface area contributed by atoms with Crippen LogP contribution in [0.4, 0.5) is 13.2 Å². The van der Waals surface area contributed by atoms with Crippen molar-refractivity contribution in [2.75, 3.05) is 6.54 Å². The van der Waals surface area contributed by atoms with Gasteiger partial charge in [0.15, 0.2) is 5.60 Å². The Hall–Kier alpha value is -2.71. The highest BCUT2D eigenvalue weighted by Crippen LogP contribution is 2.41. The van der Waals surface area contributed by atoms with Crippen molar-refractivity contribution >= 4 is 17.2 Å². The van der Waals surface area contributed by atoms with Crippen LogP contribution in [0.2, 0.25) is 0 Å². The number of halogens is 3. The monoisotopic (exact) mass is 434 g/mol. The number of benzene rings is 2. The number of amides is 1. The zero-order valence-corrected chi connectivity index (χ0v) is 17.1. The maximum absolute atomic E-state index is 13.5. The van der Waals surface area contributed by atoms with Gasteiger partial charge < -0.3 is 10.4 Å². The van der Waals surface area contributed by atoms with Crippen LogP contribution >= 0.6 is 11.3 Å². The highest BCUT2D eigenvalue weighted by molar-refractivity contribution is 7.09. The topological polar surface area (TPSA) is 62.2 Å². The lowest BCUT2D eigenvalue weighted by molar-refractivity contribution is -0.267. The quantitative estimate of drug-likeness (QED) is 0.571. The van der Waals surface area contributed by atoms with Crippen molar-refractivity contribution in [3.63, 3.8) is 0 Å². The summed E-state index contributed by atoms with van der Waals surface area (Å²) < 4.78 is 40.4. The molecule has 0 fully saturated rings. The number of alkyl halides is 3. The van der Waals surface area contributed by atoms with E-state index in [0.29, 0.717) is 6.42 Å². The third-order valence-electron chi connectivity index (χ3n) is 4.74. The lowest BCUT2D eigenvalue weighted by Crippen LogP contribution is -2.46. The van der Waals surface area contributed by atoms with Crippen LogP contribution in [0.5, 0.6) is 0 Å². The van der Waals surface area contributed by atoms with Crippen LogP contribution in [-0.4, -0.2) is 28.7 Å². The molecule has 158 valence electrons. The second-order valence-corrected chi connectivity index (χ2v) is 8.01. The highest BCUT2D eigenvalue weighted by Gasteiger charge is 2.55. The van der Waals surface area contributed by atoms with Gasteiger partial charge in [-0.3, -0.25) is 4.79 Å². The lowest BCUT2D eigenvalue weighted by atomic mass is 9.89. The fourth-order valence-corrected chi connectivity index (χ4v) is 3.68. The van der Waals surface area contributed by atoms with Gasteiger partial charge in [0.05, 0.1) is 17.1 Å². The van der Waals surface area contributed by atoms with E-state index in [1.807, 2.05) is 36.6 Å². The number of hydrogen-bond donors (Lipinski definition) is 2. The Morgan fingerprint density at radius 2 is 1.77 bits per heavy atom. The van der Waals surface area contributed by atoms with Gasteiger partial charge >= 0.3 is 6.18 Å². The molecule has 0 spiro atoms. The van der Waals surface area contributed by atoms with Crippen molar-refractivity contribution < 1.29 is 23.1 Å². The van der Waals surface area contributed by atoms with Crippen molar-refractivity contribution in [2.24, 2.45) is 0 Å². The molecule has 0 aliphatic carbocycles. The van der Waals surface area contributed by atoms with Crippen molar-refractivity contribution in [1.82, 2.24) is 10.3 Å². The molecule has 0 aliphatic rings. The minimum atomic E-state index is -4.98. The first-order valence-electron chi connectivity index (χ1n) is 9.32. The van der Waals surface area contributed by atoms with Gasteiger partial charge in [-0.05, 0) is 24.5 Å². The average Bonchev–Trinajstić information content (AvgIpc) is 3.14. The molecule has 4 nitrogen and oxygen atoms in total. The Balaban J connectivity index is 1.57. The van der Waals surface area contributed by atoms with Crippen LogP contribution in [0, 0.1) is 6.92 Å². The smallest absolute Gasteiger partial charge is 0.376 e. The Morgan fingerprint density at radius 3 is 2.33 bits per heavy atom. The van der Waals surface area contributed by atoms with E-state index in [1.54, 1.807) is 17.4 Å². The van der Waals surface area contributed by atoms with Crippen LogP contribution in [0.3, 0.4) is 0 Å². The molecule has 1 amide bonds. The van der Waals surface area contributed by atoms with Crippen LogP contribution in [0.1, 0.15) is 22.6 Å². The fourth-order valence-electron chi connectivity index (χ4n) is 3.06. The highest BCUT2D eigenvalue weighted by atomic mass is 32.1. The van der Waals surface area contributed by atoms with Crippen LogP contribution in [0.25, 0.3) is 11.3 Å². The zero-order chi connectivity index (χ0) is 21.8. The first kappa shape index (κ1) is 22.0. The molecule has 0 radical (unpaired) electrons. The molecule has 0 saturated heterocycles. The number of nitrogens with one attached hydrogen (secondary N) is 1. The fraction of sp³-hybridized carbons (Fsp3) is 0.273. The molecule has 2 N–H and O–H groups in total. The summed E-state index contributed by atoms with van der Waals surface area (Å²) in [4.78, 5) is 16.6. The zero-order valence-electron chi connectivity index (χ0n) is 16.2. The van der Waals surface area contributed by atoms with Gasteiger partial charge in [-0.2, -0.15) is 13.2 Å². The van der Waals surface area contributed by atoms with E-state index in [0.717, 1.165) is 34.0 Å². The number of thiazole rings is 1. The summed E-state index contributed by atoms with van der Waals surface area (Å²) in [5.74, 6) is -0.867. The van der Waals surface area contributed by atoms with Crippen molar-refractivity contribution in [3.05, 3.63) is 76.1 Å². The molecule has 0 saturated carbocycles. The predicted octanol–water partition coefficient (Wildman–Crippen LogP) is 4.62. The summed E-state index contributed by atoms with van der Waals surface area (Å²) in [5, 5.41) is 15.7. The van der Waals surface area contributed by atoms with Gasteiger partial charge in [0.1, 0.15) is 0 Å². The van der Waals surface area contributed by atoms with Crippen molar-refractivity contribution in [2.45, 2.75) is 31.5 Å². The van der Waals surface area contributed by atoms with Gasteiger partial charge in [-0.15, -0.1) is 11.3 Å². The maximum atomic E-state index is 13.5. The molecular weight excluding hydrogens is 413 g/mol. The van der Waals surface area contributed by atoms with Crippen molar-refractivity contribution in [1.29, 1.82) is 0 Å². The number of nitrogens with zero attached hydrogens (tertiary/aromatic N) is 1. The Labute approximate surface area is 176 Å². The first-order chi connectivity index (χ1) is 14.2. The molecule has 1 aromatic heterocycles. The standard InChI is InChI=1S/C22H21F3N2O2S/c1-15-27-19(14-30-15)17-9-7-16(8-10-17)11-12-26-20(28)13-21(29,22(23,24)25)18-5-3-2-4-6-18/h2-10,14,29H,11-13H2,1H3,(H,26,28)/t21-/m0/s1. The third kappa shape index (κ3) is 5.06. The molecule has 0 bridgehead atoms. The van der Waals surface area contributed by atoms with E-state index in [2.05, 4.69) is 10.3 Å². The average molecular weight is 434 g/mol. The van der Waals surface area contributed by atoms with Gasteiger partial charge in [-0.25, -0.2) is 4.98 Å². The Morgan fingerprint density at radius 1 is 1.10 bits per heavy atom. The molecule has 3 aromatic rings. The molecule has 1 heterocycles. The normalized spacial score (nSPS) is 13.6. The molecule has 8 heteroatoms. The van der Waals surface area contributed by atoms with Gasteiger partial charge in [0.25, 0.3) is 0 Å². The molecular formula is C22H21F3N2O2S. The number of rotatable bonds is 7. The number of aromatic nitrogens is 1. The number of hydrogen-bond acceptors (Lipinski definition) is 4. The summed E-state index contributed by atoms with van der Waals surface area (Å²) >= 11 is 1.57. The van der Waals surface area contributed by atoms with E-state index in [-0.39, 0.29) is 12.1 Å². The number of aryl methyl sites for hydroxylation is 1. The minimum Gasteiger partial charge on any atom is -0.376 e. The van der Waals surface area contributed by atoms with Gasteiger partial charge in [0.2, 0.25) is 5.91 Å². The summed E-state index contributed by atoms with van der Waals surface area (Å²) in [6, 6.07) is 14.3. The van der Waals surface area contributed by atoms with Gasteiger partial charge in [0, 0.05) is 17.5 Å². The Kier molecular flexibility index (Phi) is 6.58. The number of carbonyl (C=O) groups excluding carboxylic acids is 1. The van der Waals surface area contributed by atoms with E-state index >= 15 is 0 Å².